The number of hydrogen-bond donors (Lipinski definition) is 0. The molecule has 6 rings (SSSR count). The van der Waals surface area contributed by atoms with Crippen molar-refractivity contribution < 1.29 is 36.2 Å². The Balaban J connectivity index is 1.27. The summed E-state index contributed by atoms with van der Waals surface area (Å²) in [7, 11) is 0. The van der Waals surface area contributed by atoms with Gasteiger partial charge >= 0.3 is 240 Å². The van der Waals surface area contributed by atoms with Gasteiger partial charge in [0.15, 0.2) is 0 Å². The summed E-state index contributed by atoms with van der Waals surface area (Å²) in [5.41, 5.74) is 0.554. The van der Waals surface area contributed by atoms with Crippen molar-refractivity contribution in [3.05, 3.63) is 14.1 Å². The molecule has 0 aliphatic carbocycles. The second-order valence-corrected chi connectivity index (χ2v) is 31.9. The number of ether oxygens (including phenoxy) is 3. The molecule has 0 atom stereocenters. The summed E-state index contributed by atoms with van der Waals surface area (Å²) >= 11 is 3.30. The molecule has 2 aromatic rings. The van der Waals surface area contributed by atoms with Crippen LogP contribution in [0.2, 0.25) is 0 Å². The van der Waals surface area contributed by atoms with Crippen molar-refractivity contribution in [3.8, 4) is 11.8 Å². The average molecular weight is 871 g/mol. The Morgan fingerprint density at radius 1 is 1.14 bits per heavy atom. The molecule has 0 bridgehead atoms. The van der Waals surface area contributed by atoms with Crippen molar-refractivity contribution in [1.29, 1.82) is 0 Å². The summed E-state index contributed by atoms with van der Waals surface area (Å²) in [5.74, 6) is 1.83. The predicted octanol–water partition coefficient (Wildman–Crippen LogP) is 3.14. The number of anilines is 1. The van der Waals surface area contributed by atoms with Gasteiger partial charge in [-0.2, -0.15) is 0 Å². The number of amides is 1. The fourth-order valence-corrected chi connectivity index (χ4v) is 23.8. The quantitative estimate of drug-likeness (QED) is 0.311. The third-order valence-electron chi connectivity index (χ3n) is 8.59. The molecule has 5 heterocycles. The number of rotatable bonds is 7. The topological polar surface area (TPSA) is 80.3 Å². The van der Waals surface area contributed by atoms with Gasteiger partial charge in [0.05, 0.1) is 0 Å². The van der Waals surface area contributed by atoms with Crippen LogP contribution in [-0.2, 0) is 4.74 Å². The van der Waals surface area contributed by atoms with Gasteiger partial charge in [-0.3, -0.25) is 0 Å². The number of fused-ring (bicyclic) bond motifs is 1. The zero-order valence-electron chi connectivity index (χ0n) is 25.4. The molecule has 0 radical (unpaired) electrons. The second kappa shape index (κ2) is 12.5. The van der Waals surface area contributed by atoms with E-state index in [4.69, 9.17) is 24.2 Å². The van der Waals surface area contributed by atoms with Gasteiger partial charge in [0.2, 0.25) is 0 Å². The molecule has 42 heavy (non-hydrogen) atoms. The summed E-state index contributed by atoms with van der Waals surface area (Å²) in [4.78, 5) is 29.5. The predicted molar refractivity (Wildman–Crippen MR) is 173 cm³/mol. The standard InChI is InChI=1S/C30H43BrI2N5O4/c1-6-36-12-8-20(9-13-36)41-27-34-24-21(16-22(33-19-32-33)23(31)25(24)40-7-2)26(35-27)37-14-10-30(11-15-37)17-38(18-30)28(39)42-29(3,4)5/h16,20H,6-15,17-19H2,1-5H3/q-1. The Kier molecular flexibility index (Phi) is 9.26. The van der Waals surface area contributed by atoms with Crippen molar-refractivity contribution in [2.45, 2.75) is 72.0 Å². The minimum atomic E-state index is -1.01. The van der Waals surface area contributed by atoms with Crippen LogP contribution < -0.4 is 31.6 Å². The maximum atomic E-state index is 12.6. The van der Waals surface area contributed by atoms with Crippen LogP contribution >= 0.6 is 31.8 Å². The van der Waals surface area contributed by atoms with Crippen LogP contribution in [0.25, 0.3) is 10.9 Å². The SMILES string of the molecule is CCOc1c(Br)c(I2C[I-]2)cc2c(N3CCC4(CC3)CN(C(=O)OC(C)(C)C)C4)nc(OC3CCN(CC)CC3)nc12. The van der Waals surface area contributed by atoms with Crippen molar-refractivity contribution in [1.82, 2.24) is 19.8 Å². The third kappa shape index (κ3) is 6.70. The Bertz CT molecular complexity index is 1310. The first-order valence-electron chi connectivity index (χ1n) is 15.1. The summed E-state index contributed by atoms with van der Waals surface area (Å²) < 4.78 is 22.5. The number of alkyl halides is 2. The molecule has 9 nitrogen and oxygen atoms in total. The molecular weight excluding hydrogens is 828 g/mol. The molecule has 1 amide bonds. The number of aromatic nitrogens is 2. The van der Waals surface area contributed by atoms with Gasteiger partial charge < -0.3 is 0 Å². The number of nitrogens with zero attached hydrogens (tertiary/aromatic N) is 5. The number of benzene rings is 1. The first-order chi connectivity index (χ1) is 20.1. The van der Waals surface area contributed by atoms with E-state index in [1.165, 1.54) is 6.00 Å². The molecule has 1 aromatic carbocycles. The minimum absolute atomic E-state index is 0.124. The Morgan fingerprint density at radius 3 is 2.43 bits per heavy atom. The molecule has 0 saturated carbocycles. The van der Waals surface area contributed by atoms with E-state index in [2.05, 4.69) is 38.7 Å². The van der Waals surface area contributed by atoms with Crippen LogP contribution in [0, 0.1) is 8.99 Å². The van der Waals surface area contributed by atoms with Gasteiger partial charge in [0, 0.05) is 0 Å². The van der Waals surface area contributed by atoms with Crippen LogP contribution in [-0.4, -0.2) is 92.4 Å². The zero-order valence-corrected chi connectivity index (χ0v) is 31.3. The van der Waals surface area contributed by atoms with Crippen LogP contribution in [0.3, 0.4) is 0 Å². The van der Waals surface area contributed by atoms with Gasteiger partial charge in [-0.25, -0.2) is 0 Å². The number of halogens is 3. The van der Waals surface area contributed by atoms with E-state index in [0.717, 1.165) is 98.4 Å². The first kappa shape index (κ1) is 31.1. The Morgan fingerprint density at radius 2 is 1.83 bits per heavy atom. The molecule has 0 N–H and O–H groups in total. The molecular formula is C30H43BrI2N5O4-. The molecule has 1 spiro atoms. The molecule has 0 unspecified atom stereocenters. The maximum absolute atomic E-state index is 12.6. The monoisotopic (exact) mass is 870 g/mol. The number of hydrogen-bond acceptors (Lipinski definition) is 8. The van der Waals surface area contributed by atoms with Gasteiger partial charge in [-0.1, -0.05) is 6.92 Å². The number of carbonyl (C=O) groups is 1. The summed E-state index contributed by atoms with van der Waals surface area (Å²) in [6.45, 7) is 17.1. The molecule has 12 heteroatoms. The van der Waals surface area contributed by atoms with E-state index < -0.39 is 21.4 Å². The molecule has 4 aliphatic rings. The molecule has 1 aromatic heterocycles. The molecule has 4 aliphatic heterocycles. The van der Waals surface area contributed by atoms with Crippen molar-refractivity contribution >= 4 is 54.6 Å². The normalized spacial score (nSPS) is 22.1. The van der Waals surface area contributed by atoms with E-state index in [-0.39, 0.29) is 17.6 Å². The molecule has 4 saturated heterocycles. The van der Waals surface area contributed by atoms with Crippen molar-refractivity contribution in [3.63, 3.8) is 0 Å². The van der Waals surface area contributed by atoms with Crippen LogP contribution in [0.5, 0.6) is 11.8 Å². The number of piperidine rings is 2. The summed E-state index contributed by atoms with van der Waals surface area (Å²) in [6.07, 6.45) is 3.95. The fourth-order valence-electron chi connectivity index (χ4n) is 6.21. The molecule has 4 fully saturated rings. The van der Waals surface area contributed by atoms with Crippen LogP contribution in [0.4, 0.5) is 10.6 Å². The third-order valence-corrected chi connectivity index (χ3v) is 24.1. The van der Waals surface area contributed by atoms with Gasteiger partial charge in [-0.05, 0) is 20.8 Å². The van der Waals surface area contributed by atoms with E-state index >= 15 is 0 Å². The molecule has 234 valence electrons. The van der Waals surface area contributed by atoms with Crippen LogP contribution in [0.1, 0.15) is 60.3 Å². The second-order valence-electron chi connectivity index (χ2n) is 12.7. The number of carbonyl (C=O) groups excluding carboxylic acids is 1. The first-order valence-corrected chi connectivity index (χ1v) is 26.3. The Hall–Kier alpha value is -0.870. The van der Waals surface area contributed by atoms with Crippen molar-refractivity contribution in [2.24, 2.45) is 5.41 Å². The zero-order chi connectivity index (χ0) is 29.6. The van der Waals surface area contributed by atoms with E-state index in [0.29, 0.717) is 29.8 Å². The van der Waals surface area contributed by atoms with E-state index in [9.17, 15) is 4.79 Å². The van der Waals surface area contributed by atoms with E-state index in [1.54, 1.807) is 0 Å². The van der Waals surface area contributed by atoms with Gasteiger partial charge in [0.1, 0.15) is 5.60 Å². The summed E-state index contributed by atoms with van der Waals surface area (Å²) in [5, 5.41) is 1.10. The average Bonchev–Trinajstić information content (AvgIpc) is 3.78. The van der Waals surface area contributed by atoms with E-state index in [1.807, 2.05) is 32.6 Å². The van der Waals surface area contributed by atoms with Gasteiger partial charge in [0.25, 0.3) is 0 Å². The Labute approximate surface area is 271 Å². The fraction of sp³-hybridized carbons (Fsp3) is 0.700. The van der Waals surface area contributed by atoms with Gasteiger partial charge in [-0.15, -0.1) is 0 Å². The number of likely N-dealkylation sites (tertiary alicyclic amines) is 2. The van der Waals surface area contributed by atoms with Crippen LogP contribution in [0.15, 0.2) is 10.5 Å². The summed E-state index contributed by atoms with van der Waals surface area (Å²) in [6, 6.07) is 2.85. The van der Waals surface area contributed by atoms with Crippen molar-refractivity contribution in [2.75, 3.05) is 59.8 Å².